The Morgan fingerprint density at radius 3 is 2.79 bits per heavy atom. The molecular formula is C14H18N2O3. The van der Waals surface area contributed by atoms with Gasteiger partial charge >= 0.3 is 12.0 Å². The SMILES string of the molecule is CCCN(C)C(=O)N1CCc2ccc(C(=O)O)cc21. The lowest BCUT2D eigenvalue weighted by atomic mass is 10.1. The van der Waals surface area contributed by atoms with Crippen molar-refractivity contribution in [2.24, 2.45) is 0 Å². The van der Waals surface area contributed by atoms with E-state index in [1.165, 1.54) is 0 Å². The molecule has 0 unspecified atom stereocenters. The summed E-state index contributed by atoms with van der Waals surface area (Å²) in [6, 6.07) is 4.90. The second kappa shape index (κ2) is 5.30. The Bertz CT molecular complexity index is 513. The molecule has 0 saturated heterocycles. The third-order valence-corrected chi connectivity index (χ3v) is 3.34. The summed E-state index contributed by atoms with van der Waals surface area (Å²) in [5.74, 6) is -0.969. The maximum atomic E-state index is 12.3. The molecule has 0 fully saturated rings. The Labute approximate surface area is 112 Å². The molecule has 1 aliphatic heterocycles. The van der Waals surface area contributed by atoms with Gasteiger partial charge in [-0.05, 0) is 30.5 Å². The van der Waals surface area contributed by atoms with Crippen LogP contribution in [0.25, 0.3) is 0 Å². The zero-order chi connectivity index (χ0) is 14.0. The second-order valence-corrected chi connectivity index (χ2v) is 4.75. The first-order valence-corrected chi connectivity index (χ1v) is 6.43. The number of urea groups is 1. The third-order valence-electron chi connectivity index (χ3n) is 3.34. The van der Waals surface area contributed by atoms with Crippen molar-refractivity contribution in [2.75, 3.05) is 25.0 Å². The predicted octanol–water partition coefficient (Wildman–Crippen LogP) is 2.21. The average molecular weight is 262 g/mol. The van der Waals surface area contributed by atoms with Gasteiger partial charge in [0.2, 0.25) is 0 Å². The minimum absolute atomic E-state index is 0.0665. The fraction of sp³-hybridized carbons (Fsp3) is 0.429. The van der Waals surface area contributed by atoms with E-state index >= 15 is 0 Å². The van der Waals surface area contributed by atoms with Crippen molar-refractivity contribution in [1.82, 2.24) is 4.90 Å². The lowest BCUT2D eigenvalue weighted by molar-refractivity contribution is 0.0697. The van der Waals surface area contributed by atoms with Gasteiger partial charge in [-0.25, -0.2) is 9.59 Å². The summed E-state index contributed by atoms with van der Waals surface area (Å²) in [6.45, 7) is 3.33. The van der Waals surface area contributed by atoms with Gasteiger partial charge in [-0.3, -0.25) is 4.90 Å². The summed E-state index contributed by atoms with van der Waals surface area (Å²) in [7, 11) is 1.77. The Balaban J connectivity index is 2.27. The number of anilines is 1. The molecule has 5 heteroatoms. The first-order chi connectivity index (χ1) is 9.04. The van der Waals surface area contributed by atoms with Crippen LogP contribution in [0.4, 0.5) is 10.5 Å². The normalized spacial score (nSPS) is 13.3. The number of rotatable bonds is 3. The van der Waals surface area contributed by atoms with Crippen molar-refractivity contribution in [3.05, 3.63) is 29.3 Å². The Hall–Kier alpha value is -2.04. The van der Waals surface area contributed by atoms with E-state index in [1.807, 2.05) is 6.92 Å². The van der Waals surface area contributed by atoms with Crippen LogP contribution < -0.4 is 4.90 Å². The number of fused-ring (bicyclic) bond motifs is 1. The average Bonchev–Trinajstić information content (AvgIpc) is 2.80. The zero-order valence-electron chi connectivity index (χ0n) is 11.2. The number of carbonyl (C=O) groups is 2. The number of benzene rings is 1. The first-order valence-electron chi connectivity index (χ1n) is 6.43. The summed E-state index contributed by atoms with van der Waals surface area (Å²) in [5, 5.41) is 9.02. The molecule has 102 valence electrons. The quantitative estimate of drug-likeness (QED) is 0.908. The molecular weight excluding hydrogens is 244 g/mol. The van der Waals surface area contributed by atoms with Gasteiger partial charge in [-0.15, -0.1) is 0 Å². The van der Waals surface area contributed by atoms with Crippen LogP contribution in [-0.4, -0.2) is 42.1 Å². The number of hydrogen-bond donors (Lipinski definition) is 1. The van der Waals surface area contributed by atoms with E-state index in [0.717, 1.165) is 24.1 Å². The molecule has 1 N–H and O–H groups in total. The maximum Gasteiger partial charge on any atom is 0.335 e. The van der Waals surface area contributed by atoms with Crippen molar-refractivity contribution in [1.29, 1.82) is 0 Å². The van der Waals surface area contributed by atoms with Crippen molar-refractivity contribution in [2.45, 2.75) is 19.8 Å². The number of carboxylic acid groups (broad SMARTS) is 1. The molecule has 1 aromatic rings. The zero-order valence-corrected chi connectivity index (χ0v) is 11.2. The van der Waals surface area contributed by atoms with Crippen LogP contribution in [0.5, 0.6) is 0 Å². The van der Waals surface area contributed by atoms with Gasteiger partial charge in [-0.2, -0.15) is 0 Å². The highest BCUT2D eigenvalue weighted by Gasteiger charge is 2.27. The van der Waals surface area contributed by atoms with Crippen molar-refractivity contribution in [3.8, 4) is 0 Å². The van der Waals surface area contributed by atoms with E-state index in [1.54, 1.807) is 35.0 Å². The van der Waals surface area contributed by atoms with E-state index in [9.17, 15) is 9.59 Å². The maximum absolute atomic E-state index is 12.3. The van der Waals surface area contributed by atoms with Gasteiger partial charge in [-0.1, -0.05) is 13.0 Å². The molecule has 2 amide bonds. The molecule has 0 aliphatic carbocycles. The highest BCUT2D eigenvalue weighted by molar-refractivity contribution is 5.96. The second-order valence-electron chi connectivity index (χ2n) is 4.75. The van der Waals surface area contributed by atoms with Crippen LogP contribution >= 0.6 is 0 Å². The molecule has 2 rings (SSSR count). The highest BCUT2D eigenvalue weighted by Crippen LogP contribution is 2.29. The number of carboxylic acids is 1. The largest absolute Gasteiger partial charge is 0.478 e. The summed E-state index contributed by atoms with van der Waals surface area (Å²) in [4.78, 5) is 26.6. The minimum Gasteiger partial charge on any atom is -0.478 e. The summed E-state index contributed by atoms with van der Waals surface area (Å²) in [6.07, 6.45) is 1.68. The fourth-order valence-corrected chi connectivity index (χ4v) is 2.35. The Morgan fingerprint density at radius 1 is 1.42 bits per heavy atom. The molecule has 0 atom stereocenters. The number of aromatic carboxylic acids is 1. The summed E-state index contributed by atoms with van der Waals surface area (Å²) < 4.78 is 0. The molecule has 0 aromatic heterocycles. The van der Waals surface area contributed by atoms with Crippen molar-refractivity contribution in [3.63, 3.8) is 0 Å². The van der Waals surface area contributed by atoms with Crippen LogP contribution in [0.15, 0.2) is 18.2 Å². The fourth-order valence-electron chi connectivity index (χ4n) is 2.35. The molecule has 0 spiro atoms. The van der Waals surface area contributed by atoms with Crippen molar-refractivity contribution < 1.29 is 14.7 Å². The van der Waals surface area contributed by atoms with Gasteiger partial charge in [0, 0.05) is 25.8 Å². The monoisotopic (exact) mass is 262 g/mol. The number of hydrogen-bond acceptors (Lipinski definition) is 2. The summed E-state index contributed by atoms with van der Waals surface area (Å²) >= 11 is 0. The van der Waals surface area contributed by atoms with Gasteiger partial charge in [0.1, 0.15) is 0 Å². The predicted molar refractivity (Wildman–Crippen MR) is 72.8 cm³/mol. The first kappa shape index (κ1) is 13.4. The van der Waals surface area contributed by atoms with E-state index in [-0.39, 0.29) is 11.6 Å². The molecule has 19 heavy (non-hydrogen) atoms. The van der Waals surface area contributed by atoms with Crippen LogP contribution in [0.2, 0.25) is 0 Å². The van der Waals surface area contributed by atoms with Crippen molar-refractivity contribution >= 4 is 17.7 Å². The lowest BCUT2D eigenvalue weighted by Gasteiger charge is -2.24. The summed E-state index contributed by atoms with van der Waals surface area (Å²) in [5.41, 5.74) is 1.98. The molecule has 0 bridgehead atoms. The van der Waals surface area contributed by atoms with Crippen LogP contribution in [0.3, 0.4) is 0 Å². The van der Waals surface area contributed by atoms with E-state index in [0.29, 0.717) is 13.1 Å². The smallest absolute Gasteiger partial charge is 0.335 e. The molecule has 5 nitrogen and oxygen atoms in total. The van der Waals surface area contributed by atoms with Crippen LogP contribution in [-0.2, 0) is 6.42 Å². The van der Waals surface area contributed by atoms with E-state index < -0.39 is 5.97 Å². The molecule has 1 aliphatic rings. The topological polar surface area (TPSA) is 60.9 Å². The Kier molecular flexibility index (Phi) is 3.74. The standard InChI is InChI=1S/C14H18N2O3/c1-3-7-15(2)14(19)16-8-6-10-4-5-11(13(17)18)9-12(10)16/h4-5,9H,3,6-8H2,1-2H3,(H,17,18). The van der Waals surface area contributed by atoms with Gasteiger partial charge in [0.15, 0.2) is 0 Å². The molecule has 1 heterocycles. The third kappa shape index (κ3) is 2.54. The number of nitrogens with zero attached hydrogens (tertiary/aromatic N) is 2. The molecule has 1 aromatic carbocycles. The van der Waals surface area contributed by atoms with E-state index in [4.69, 9.17) is 5.11 Å². The molecule has 0 saturated carbocycles. The Morgan fingerprint density at radius 2 is 2.16 bits per heavy atom. The lowest BCUT2D eigenvalue weighted by Crippen LogP contribution is -2.40. The number of amides is 2. The van der Waals surface area contributed by atoms with Crippen LogP contribution in [0, 0.1) is 0 Å². The van der Waals surface area contributed by atoms with Gasteiger partial charge in [0.05, 0.1) is 5.56 Å². The van der Waals surface area contributed by atoms with Gasteiger partial charge < -0.3 is 10.0 Å². The highest BCUT2D eigenvalue weighted by atomic mass is 16.4. The van der Waals surface area contributed by atoms with Gasteiger partial charge in [0.25, 0.3) is 0 Å². The number of carbonyl (C=O) groups excluding carboxylic acids is 1. The molecule has 0 radical (unpaired) electrons. The van der Waals surface area contributed by atoms with E-state index in [2.05, 4.69) is 0 Å². The minimum atomic E-state index is -0.969. The van der Waals surface area contributed by atoms with Crippen LogP contribution in [0.1, 0.15) is 29.3 Å².